The Bertz CT molecular complexity index is 522. The van der Waals surface area contributed by atoms with E-state index in [1.165, 1.54) is 17.1 Å². The van der Waals surface area contributed by atoms with E-state index in [-0.39, 0.29) is 5.25 Å². The third kappa shape index (κ3) is 2.19. The van der Waals surface area contributed by atoms with E-state index >= 15 is 0 Å². The van der Waals surface area contributed by atoms with Gasteiger partial charge in [0.1, 0.15) is 5.82 Å². The van der Waals surface area contributed by atoms with Gasteiger partial charge in [0, 0.05) is 26.2 Å². The fourth-order valence-electron chi connectivity index (χ4n) is 2.49. The van der Waals surface area contributed by atoms with Gasteiger partial charge in [-0.2, -0.15) is 4.31 Å². The monoisotopic (exact) mass is 269 g/mol. The molecule has 0 aromatic carbocycles. The van der Waals surface area contributed by atoms with Crippen LogP contribution in [0.25, 0.3) is 0 Å². The highest BCUT2D eigenvalue weighted by atomic mass is 32.2. The maximum atomic E-state index is 12.0. The number of aryl methyl sites for hydroxylation is 2. The van der Waals surface area contributed by atoms with E-state index in [1.54, 1.807) is 7.05 Å². The van der Waals surface area contributed by atoms with Crippen molar-refractivity contribution in [3.8, 4) is 0 Å². The van der Waals surface area contributed by atoms with Crippen LogP contribution in [0.4, 0.5) is 0 Å². The summed E-state index contributed by atoms with van der Waals surface area (Å²) in [5.41, 5.74) is 0.874. The summed E-state index contributed by atoms with van der Waals surface area (Å²) in [6.45, 7) is 1.42. The lowest BCUT2D eigenvalue weighted by atomic mass is 10.2. The molecular formula is C12H19N3O2S. The first kappa shape index (κ1) is 12.2. The van der Waals surface area contributed by atoms with Crippen LogP contribution in [0, 0.1) is 0 Å². The van der Waals surface area contributed by atoms with E-state index in [0.717, 1.165) is 37.3 Å². The predicted molar refractivity (Wildman–Crippen MR) is 68.6 cm³/mol. The van der Waals surface area contributed by atoms with Gasteiger partial charge in [0.05, 0.1) is 17.5 Å². The fourth-order valence-corrected chi connectivity index (χ4v) is 4.04. The van der Waals surface area contributed by atoms with Crippen molar-refractivity contribution in [3.63, 3.8) is 0 Å². The molecule has 1 fully saturated rings. The SMILES string of the molecule is CN(Cc1cn2c(n1)CCCC2)S(=O)(=O)C1CC1. The second-order valence-electron chi connectivity index (χ2n) is 5.30. The standard InChI is InChI=1S/C12H19N3O2S/c1-14(18(16,17)11-5-6-11)8-10-9-15-7-3-2-4-12(15)13-10/h9,11H,2-8H2,1H3. The van der Waals surface area contributed by atoms with Gasteiger partial charge in [-0.15, -0.1) is 0 Å². The molecule has 0 amide bonds. The molecule has 100 valence electrons. The first-order valence-corrected chi connectivity index (χ1v) is 8.08. The highest BCUT2D eigenvalue weighted by molar-refractivity contribution is 7.90. The van der Waals surface area contributed by atoms with Crippen LogP contribution in [0.15, 0.2) is 6.20 Å². The molecule has 3 rings (SSSR count). The largest absolute Gasteiger partial charge is 0.335 e. The summed E-state index contributed by atoms with van der Waals surface area (Å²) >= 11 is 0. The Balaban J connectivity index is 1.74. The number of fused-ring (bicyclic) bond motifs is 1. The summed E-state index contributed by atoms with van der Waals surface area (Å²) in [6.07, 6.45) is 7.02. The van der Waals surface area contributed by atoms with E-state index in [9.17, 15) is 8.42 Å². The topological polar surface area (TPSA) is 55.2 Å². The highest BCUT2D eigenvalue weighted by Crippen LogP contribution is 2.31. The summed E-state index contributed by atoms with van der Waals surface area (Å²) in [7, 11) is -1.42. The maximum absolute atomic E-state index is 12.0. The van der Waals surface area contributed by atoms with Crippen molar-refractivity contribution in [1.29, 1.82) is 0 Å². The molecule has 1 saturated carbocycles. The van der Waals surface area contributed by atoms with Crippen molar-refractivity contribution in [3.05, 3.63) is 17.7 Å². The Labute approximate surface area is 108 Å². The van der Waals surface area contributed by atoms with Crippen molar-refractivity contribution in [2.45, 2.75) is 50.4 Å². The van der Waals surface area contributed by atoms with Crippen molar-refractivity contribution < 1.29 is 8.42 Å². The molecule has 0 unspecified atom stereocenters. The molecule has 1 aliphatic heterocycles. The van der Waals surface area contributed by atoms with Gasteiger partial charge in [0.2, 0.25) is 10.0 Å². The molecule has 1 aromatic rings. The lowest BCUT2D eigenvalue weighted by Crippen LogP contribution is -2.29. The molecule has 0 spiro atoms. The van der Waals surface area contributed by atoms with Gasteiger partial charge in [-0.05, 0) is 25.7 Å². The van der Waals surface area contributed by atoms with Gasteiger partial charge in [0.15, 0.2) is 0 Å². The van der Waals surface area contributed by atoms with Gasteiger partial charge in [-0.25, -0.2) is 13.4 Å². The number of aromatic nitrogens is 2. The summed E-state index contributed by atoms with van der Waals surface area (Å²) < 4.78 is 27.7. The molecule has 18 heavy (non-hydrogen) atoms. The van der Waals surface area contributed by atoms with Gasteiger partial charge >= 0.3 is 0 Å². The van der Waals surface area contributed by atoms with E-state index in [4.69, 9.17) is 0 Å². The molecule has 0 atom stereocenters. The molecule has 0 radical (unpaired) electrons. The molecule has 6 heteroatoms. The summed E-state index contributed by atoms with van der Waals surface area (Å²) in [5.74, 6) is 1.11. The average Bonchev–Trinajstić information content (AvgIpc) is 3.10. The molecular weight excluding hydrogens is 250 g/mol. The van der Waals surface area contributed by atoms with Gasteiger partial charge in [-0.3, -0.25) is 0 Å². The van der Waals surface area contributed by atoms with Crippen molar-refractivity contribution >= 4 is 10.0 Å². The minimum Gasteiger partial charge on any atom is -0.335 e. The number of nitrogens with zero attached hydrogens (tertiary/aromatic N) is 3. The second kappa shape index (κ2) is 4.35. The molecule has 2 heterocycles. The normalized spacial score (nSPS) is 20.1. The van der Waals surface area contributed by atoms with Crippen LogP contribution in [0.5, 0.6) is 0 Å². The zero-order valence-electron chi connectivity index (χ0n) is 10.7. The number of hydrogen-bond donors (Lipinski definition) is 0. The smallest absolute Gasteiger partial charge is 0.217 e. The summed E-state index contributed by atoms with van der Waals surface area (Å²) in [6, 6.07) is 0. The van der Waals surface area contributed by atoms with Crippen LogP contribution < -0.4 is 0 Å². The van der Waals surface area contributed by atoms with Crippen LogP contribution in [-0.4, -0.2) is 34.6 Å². The number of hydrogen-bond acceptors (Lipinski definition) is 3. The number of imidazole rings is 1. The molecule has 5 nitrogen and oxygen atoms in total. The number of rotatable bonds is 4. The van der Waals surface area contributed by atoms with Crippen LogP contribution in [-0.2, 0) is 29.5 Å². The van der Waals surface area contributed by atoms with Crippen LogP contribution in [0.1, 0.15) is 37.2 Å². The van der Waals surface area contributed by atoms with Crippen LogP contribution in [0.2, 0.25) is 0 Å². The third-order valence-electron chi connectivity index (χ3n) is 3.72. The highest BCUT2D eigenvalue weighted by Gasteiger charge is 2.38. The Morgan fingerprint density at radius 3 is 2.89 bits per heavy atom. The molecule has 0 saturated heterocycles. The van der Waals surface area contributed by atoms with Gasteiger partial charge in [0.25, 0.3) is 0 Å². The van der Waals surface area contributed by atoms with Crippen molar-refractivity contribution in [2.24, 2.45) is 0 Å². The lowest BCUT2D eigenvalue weighted by Gasteiger charge is -2.15. The van der Waals surface area contributed by atoms with E-state index in [2.05, 4.69) is 9.55 Å². The number of sulfonamides is 1. The first-order chi connectivity index (χ1) is 8.57. The predicted octanol–water partition coefficient (Wildman–Crippen LogP) is 1.14. The molecule has 1 aliphatic carbocycles. The molecule has 0 N–H and O–H groups in total. The van der Waals surface area contributed by atoms with Crippen LogP contribution >= 0.6 is 0 Å². The minimum atomic E-state index is -3.08. The minimum absolute atomic E-state index is 0.139. The lowest BCUT2D eigenvalue weighted by molar-refractivity contribution is 0.461. The first-order valence-electron chi connectivity index (χ1n) is 6.57. The molecule has 0 bridgehead atoms. The Hall–Kier alpha value is -0.880. The average molecular weight is 269 g/mol. The zero-order chi connectivity index (χ0) is 12.8. The van der Waals surface area contributed by atoms with E-state index in [1.807, 2.05) is 6.20 Å². The maximum Gasteiger partial charge on any atom is 0.217 e. The summed E-state index contributed by atoms with van der Waals surface area (Å²) in [4.78, 5) is 4.54. The summed E-state index contributed by atoms with van der Waals surface area (Å²) in [5, 5.41) is -0.139. The molecule has 1 aromatic heterocycles. The van der Waals surface area contributed by atoms with Crippen LogP contribution in [0.3, 0.4) is 0 Å². The van der Waals surface area contributed by atoms with E-state index < -0.39 is 10.0 Å². The van der Waals surface area contributed by atoms with Gasteiger partial charge < -0.3 is 4.57 Å². The molecule has 2 aliphatic rings. The van der Waals surface area contributed by atoms with E-state index in [0.29, 0.717) is 6.54 Å². The Morgan fingerprint density at radius 2 is 2.22 bits per heavy atom. The quantitative estimate of drug-likeness (QED) is 0.823. The Morgan fingerprint density at radius 1 is 1.44 bits per heavy atom. The zero-order valence-corrected chi connectivity index (χ0v) is 11.5. The van der Waals surface area contributed by atoms with Gasteiger partial charge in [-0.1, -0.05) is 0 Å². The fraction of sp³-hybridized carbons (Fsp3) is 0.750. The second-order valence-corrected chi connectivity index (χ2v) is 7.62. The van der Waals surface area contributed by atoms with Crippen molar-refractivity contribution in [2.75, 3.05) is 7.05 Å². The Kier molecular flexibility index (Phi) is 2.94. The third-order valence-corrected chi connectivity index (χ3v) is 6.03. The van der Waals surface area contributed by atoms with Crippen molar-refractivity contribution in [1.82, 2.24) is 13.9 Å².